The van der Waals surface area contributed by atoms with Gasteiger partial charge in [0.1, 0.15) is 0 Å². The van der Waals surface area contributed by atoms with Gasteiger partial charge in [0, 0.05) is 12.6 Å². The first-order valence-corrected chi connectivity index (χ1v) is 6.57. The van der Waals surface area contributed by atoms with Crippen LogP contribution in [-0.2, 0) is 9.53 Å². The molecule has 2 unspecified atom stereocenters. The van der Waals surface area contributed by atoms with Gasteiger partial charge in [-0.3, -0.25) is 9.69 Å². The van der Waals surface area contributed by atoms with E-state index in [2.05, 4.69) is 18.7 Å². The van der Waals surface area contributed by atoms with Crippen LogP contribution in [-0.4, -0.2) is 47.8 Å². The Morgan fingerprint density at radius 1 is 1.47 bits per heavy atom. The van der Waals surface area contributed by atoms with Crippen molar-refractivity contribution in [1.29, 1.82) is 0 Å². The summed E-state index contributed by atoms with van der Waals surface area (Å²) in [5.74, 6) is -0.700. The maximum absolute atomic E-state index is 11.1. The van der Waals surface area contributed by atoms with Crippen molar-refractivity contribution >= 4 is 5.97 Å². The van der Waals surface area contributed by atoms with Crippen LogP contribution in [0.1, 0.15) is 46.0 Å². The number of hydrogen-bond acceptors (Lipinski definition) is 3. The van der Waals surface area contributed by atoms with Gasteiger partial charge in [-0.2, -0.15) is 0 Å². The summed E-state index contributed by atoms with van der Waals surface area (Å²) in [6.07, 6.45) is 4.37. The highest BCUT2D eigenvalue weighted by Crippen LogP contribution is 2.37. The summed E-state index contributed by atoms with van der Waals surface area (Å²) < 4.78 is 5.45. The molecular formula is C13H25NO3. The van der Waals surface area contributed by atoms with Gasteiger partial charge in [-0.1, -0.05) is 13.8 Å². The molecule has 1 fully saturated rings. The lowest BCUT2D eigenvalue weighted by Crippen LogP contribution is -2.54. The summed E-state index contributed by atoms with van der Waals surface area (Å²) in [4.78, 5) is 13.4. The lowest BCUT2D eigenvalue weighted by atomic mass is 9.76. The summed E-state index contributed by atoms with van der Waals surface area (Å²) in [7, 11) is 1.73. The molecule has 17 heavy (non-hydrogen) atoms. The second-order valence-electron chi connectivity index (χ2n) is 4.92. The quantitative estimate of drug-likeness (QED) is 0.776. The second kappa shape index (κ2) is 6.36. The molecule has 0 aromatic carbocycles. The van der Waals surface area contributed by atoms with Crippen molar-refractivity contribution in [1.82, 2.24) is 4.90 Å². The second-order valence-corrected chi connectivity index (χ2v) is 4.92. The van der Waals surface area contributed by atoms with Gasteiger partial charge in [-0.05, 0) is 38.8 Å². The molecule has 0 aromatic rings. The van der Waals surface area contributed by atoms with Crippen molar-refractivity contribution in [3.05, 3.63) is 0 Å². The third-order valence-corrected chi connectivity index (χ3v) is 4.02. The van der Waals surface area contributed by atoms with Gasteiger partial charge in [0.15, 0.2) is 0 Å². The van der Waals surface area contributed by atoms with E-state index < -0.39 is 5.97 Å². The van der Waals surface area contributed by atoms with Crippen molar-refractivity contribution in [2.24, 2.45) is 0 Å². The van der Waals surface area contributed by atoms with E-state index in [0.717, 1.165) is 38.8 Å². The largest absolute Gasteiger partial charge is 0.481 e. The third kappa shape index (κ3) is 3.42. The van der Waals surface area contributed by atoms with Gasteiger partial charge in [-0.25, -0.2) is 0 Å². The topological polar surface area (TPSA) is 49.8 Å². The fourth-order valence-electron chi connectivity index (χ4n) is 3.22. The number of carbonyl (C=O) groups is 1. The number of methoxy groups -OCH3 is 1. The minimum Gasteiger partial charge on any atom is -0.481 e. The third-order valence-electron chi connectivity index (χ3n) is 4.02. The molecule has 100 valence electrons. The van der Waals surface area contributed by atoms with E-state index in [1.807, 2.05) is 0 Å². The van der Waals surface area contributed by atoms with Crippen molar-refractivity contribution in [3.63, 3.8) is 0 Å². The summed E-state index contributed by atoms with van der Waals surface area (Å²) in [5, 5.41) is 9.16. The highest BCUT2D eigenvalue weighted by molar-refractivity contribution is 5.68. The van der Waals surface area contributed by atoms with Crippen LogP contribution in [0.25, 0.3) is 0 Å². The van der Waals surface area contributed by atoms with Crippen LogP contribution < -0.4 is 0 Å². The van der Waals surface area contributed by atoms with E-state index >= 15 is 0 Å². The van der Waals surface area contributed by atoms with Gasteiger partial charge in [0.05, 0.1) is 12.5 Å². The number of hydrogen-bond donors (Lipinski definition) is 1. The number of carboxylic acid groups (broad SMARTS) is 1. The lowest BCUT2D eigenvalue weighted by Gasteiger charge is -2.47. The zero-order valence-electron chi connectivity index (χ0n) is 11.2. The highest BCUT2D eigenvalue weighted by atomic mass is 16.5. The lowest BCUT2D eigenvalue weighted by molar-refractivity contribution is -0.142. The first-order chi connectivity index (χ1) is 8.07. The minimum atomic E-state index is -0.700. The fraction of sp³-hybridized carbons (Fsp3) is 0.923. The average Bonchev–Trinajstić information content (AvgIpc) is 2.29. The zero-order chi connectivity index (χ0) is 12.9. The molecule has 0 saturated heterocycles. The Morgan fingerprint density at radius 2 is 2.12 bits per heavy atom. The summed E-state index contributed by atoms with van der Waals surface area (Å²) in [5.41, 5.74) is -0.200. The number of ether oxygens (including phenoxy) is 1. The standard InChI is InChI=1S/C13H25NO3/c1-4-14(5-2)13(10-12(15)16)8-6-7-11(9-13)17-3/h11H,4-10H2,1-3H3,(H,15,16). The SMILES string of the molecule is CCN(CC)C1(CC(=O)O)CCCC(OC)C1. The van der Waals surface area contributed by atoms with Crippen LogP contribution in [0.3, 0.4) is 0 Å². The predicted molar refractivity (Wildman–Crippen MR) is 67.2 cm³/mol. The van der Waals surface area contributed by atoms with Gasteiger partial charge >= 0.3 is 5.97 Å². The molecule has 1 rings (SSSR count). The van der Waals surface area contributed by atoms with Gasteiger partial charge < -0.3 is 9.84 Å². The van der Waals surface area contributed by atoms with Crippen LogP contribution in [0.4, 0.5) is 0 Å². The Labute approximate surface area is 104 Å². The van der Waals surface area contributed by atoms with E-state index in [1.54, 1.807) is 7.11 Å². The molecule has 0 bridgehead atoms. The predicted octanol–water partition coefficient (Wildman–Crippen LogP) is 2.13. The fourth-order valence-corrected chi connectivity index (χ4v) is 3.22. The molecule has 0 heterocycles. The Balaban J connectivity index is 2.87. The normalized spacial score (nSPS) is 29.5. The smallest absolute Gasteiger partial charge is 0.305 e. The first-order valence-electron chi connectivity index (χ1n) is 6.57. The Kier molecular flexibility index (Phi) is 5.40. The molecule has 0 aromatic heterocycles. The Morgan fingerprint density at radius 3 is 2.59 bits per heavy atom. The molecule has 0 aliphatic heterocycles. The van der Waals surface area contributed by atoms with Crippen LogP contribution in [0.2, 0.25) is 0 Å². The van der Waals surface area contributed by atoms with E-state index in [1.165, 1.54) is 0 Å². The van der Waals surface area contributed by atoms with Gasteiger partial charge in [0.2, 0.25) is 0 Å². The van der Waals surface area contributed by atoms with E-state index in [4.69, 9.17) is 9.84 Å². The molecule has 0 amide bonds. The Hall–Kier alpha value is -0.610. The van der Waals surface area contributed by atoms with Crippen molar-refractivity contribution in [2.75, 3.05) is 20.2 Å². The van der Waals surface area contributed by atoms with Gasteiger partial charge in [-0.15, -0.1) is 0 Å². The summed E-state index contributed by atoms with van der Waals surface area (Å²) in [6, 6.07) is 0. The monoisotopic (exact) mass is 243 g/mol. The first kappa shape index (κ1) is 14.5. The molecule has 0 radical (unpaired) electrons. The van der Waals surface area contributed by atoms with Crippen LogP contribution >= 0.6 is 0 Å². The maximum atomic E-state index is 11.1. The van der Waals surface area contributed by atoms with Crippen molar-refractivity contribution < 1.29 is 14.6 Å². The molecule has 4 nitrogen and oxygen atoms in total. The molecule has 2 atom stereocenters. The average molecular weight is 243 g/mol. The molecule has 1 saturated carbocycles. The summed E-state index contributed by atoms with van der Waals surface area (Å²) in [6.45, 7) is 6.01. The van der Waals surface area contributed by atoms with Crippen LogP contribution in [0.5, 0.6) is 0 Å². The molecule has 1 N–H and O–H groups in total. The molecule has 1 aliphatic carbocycles. The number of nitrogens with zero attached hydrogens (tertiary/aromatic N) is 1. The molecule has 1 aliphatic rings. The van der Waals surface area contributed by atoms with Gasteiger partial charge in [0.25, 0.3) is 0 Å². The van der Waals surface area contributed by atoms with Crippen molar-refractivity contribution in [3.8, 4) is 0 Å². The Bertz CT molecular complexity index is 253. The number of aliphatic carboxylic acids is 1. The molecule has 4 heteroatoms. The summed E-state index contributed by atoms with van der Waals surface area (Å²) >= 11 is 0. The maximum Gasteiger partial charge on any atom is 0.305 e. The van der Waals surface area contributed by atoms with Crippen molar-refractivity contribution in [2.45, 2.75) is 57.6 Å². The van der Waals surface area contributed by atoms with E-state index in [0.29, 0.717) is 0 Å². The van der Waals surface area contributed by atoms with Crippen LogP contribution in [0.15, 0.2) is 0 Å². The highest BCUT2D eigenvalue weighted by Gasteiger charge is 2.41. The van der Waals surface area contributed by atoms with E-state index in [9.17, 15) is 4.79 Å². The molecule has 0 spiro atoms. The number of carboxylic acids is 1. The molecular weight excluding hydrogens is 218 g/mol. The van der Waals surface area contributed by atoms with E-state index in [-0.39, 0.29) is 18.1 Å². The zero-order valence-corrected chi connectivity index (χ0v) is 11.2. The number of rotatable bonds is 6. The van der Waals surface area contributed by atoms with Crippen LogP contribution in [0, 0.1) is 0 Å². The minimum absolute atomic E-state index is 0.200.